The van der Waals surface area contributed by atoms with Crippen LogP contribution in [0.15, 0.2) is 68.2 Å². The van der Waals surface area contributed by atoms with Crippen molar-refractivity contribution in [2.45, 2.75) is 19.1 Å². The van der Waals surface area contributed by atoms with Gasteiger partial charge in [-0.25, -0.2) is 4.79 Å². The Balaban J connectivity index is 1.48. The van der Waals surface area contributed by atoms with Crippen molar-refractivity contribution < 1.29 is 18.7 Å². The Kier molecular flexibility index (Phi) is 4.08. The van der Waals surface area contributed by atoms with Crippen LogP contribution in [0.3, 0.4) is 0 Å². The highest BCUT2D eigenvalue weighted by molar-refractivity contribution is 5.80. The molecule has 138 valence electrons. The quantitative estimate of drug-likeness (QED) is 0.565. The first-order valence-electron chi connectivity index (χ1n) is 8.50. The van der Waals surface area contributed by atoms with Crippen molar-refractivity contribution >= 4 is 28.0 Å². The van der Waals surface area contributed by atoms with Gasteiger partial charge in [-0.05, 0) is 31.2 Å². The lowest BCUT2D eigenvalue weighted by molar-refractivity contribution is -0.123. The third-order valence-electron chi connectivity index (χ3n) is 4.46. The van der Waals surface area contributed by atoms with Gasteiger partial charge in [0.25, 0.3) is 0 Å². The number of amides is 1. The van der Waals surface area contributed by atoms with Crippen LogP contribution >= 0.6 is 0 Å². The second-order valence-electron chi connectivity index (χ2n) is 6.62. The molecule has 0 aliphatic rings. The molecular formula is C20H18N2O5. The minimum atomic E-state index is -1.39. The van der Waals surface area contributed by atoms with Crippen LogP contribution in [0.25, 0.3) is 22.1 Å². The number of para-hydroxylation sites is 3. The SMILES string of the molecule is C[C@](O)(CNC(=O)Cn1c(=O)oc2ccccc21)c1cc2ccccc2o1. The molecule has 4 aromatic rings. The maximum atomic E-state index is 12.3. The summed E-state index contributed by atoms with van der Waals surface area (Å²) >= 11 is 0. The molecule has 2 aromatic carbocycles. The lowest BCUT2D eigenvalue weighted by Gasteiger charge is -2.21. The number of nitrogens with one attached hydrogen (secondary N) is 1. The van der Waals surface area contributed by atoms with Gasteiger partial charge in [0.1, 0.15) is 23.5 Å². The molecule has 4 rings (SSSR count). The fourth-order valence-corrected chi connectivity index (χ4v) is 2.97. The first-order valence-corrected chi connectivity index (χ1v) is 8.50. The van der Waals surface area contributed by atoms with E-state index in [1.807, 2.05) is 24.3 Å². The zero-order chi connectivity index (χ0) is 19.0. The number of fused-ring (bicyclic) bond motifs is 2. The van der Waals surface area contributed by atoms with Crippen LogP contribution in [0.5, 0.6) is 0 Å². The number of aromatic nitrogens is 1. The average Bonchev–Trinajstić information content (AvgIpc) is 3.22. The first kappa shape index (κ1) is 17.1. The number of furan rings is 1. The molecule has 0 fully saturated rings. The Morgan fingerprint density at radius 3 is 2.59 bits per heavy atom. The van der Waals surface area contributed by atoms with Crippen LogP contribution in [0.2, 0.25) is 0 Å². The molecule has 0 aliphatic heterocycles. The zero-order valence-corrected chi connectivity index (χ0v) is 14.6. The van der Waals surface area contributed by atoms with Crippen molar-refractivity contribution in [3.05, 3.63) is 70.9 Å². The van der Waals surface area contributed by atoms with E-state index in [0.29, 0.717) is 22.4 Å². The summed E-state index contributed by atoms with van der Waals surface area (Å²) < 4.78 is 12.0. The van der Waals surface area contributed by atoms with Gasteiger partial charge in [0.2, 0.25) is 5.91 Å². The molecule has 7 heteroatoms. The van der Waals surface area contributed by atoms with Crippen molar-refractivity contribution in [3.63, 3.8) is 0 Å². The Morgan fingerprint density at radius 1 is 1.11 bits per heavy atom. The number of hydrogen-bond acceptors (Lipinski definition) is 5. The molecule has 0 bridgehead atoms. The van der Waals surface area contributed by atoms with E-state index < -0.39 is 17.3 Å². The molecule has 27 heavy (non-hydrogen) atoms. The monoisotopic (exact) mass is 366 g/mol. The summed E-state index contributed by atoms with van der Waals surface area (Å²) in [6.45, 7) is 1.30. The van der Waals surface area contributed by atoms with Crippen molar-refractivity contribution in [2.75, 3.05) is 6.54 Å². The maximum Gasteiger partial charge on any atom is 0.420 e. The van der Waals surface area contributed by atoms with E-state index in [9.17, 15) is 14.7 Å². The van der Waals surface area contributed by atoms with Crippen LogP contribution < -0.4 is 11.1 Å². The molecule has 0 aliphatic carbocycles. The number of carbonyl (C=O) groups excluding carboxylic acids is 1. The molecule has 2 aromatic heterocycles. The molecule has 1 amide bonds. The number of aliphatic hydroxyl groups is 1. The molecule has 2 N–H and O–H groups in total. The number of rotatable bonds is 5. The van der Waals surface area contributed by atoms with Gasteiger partial charge in [-0.1, -0.05) is 30.3 Å². The lowest BCUT2D eigenvalue weighted by atomic mass is 10.0. The van der Waals surface area contributed by atoms with Crippen molar-refractivity contribution in [1.29, 1.82) is 0 Å². The maximum absolute atomic E-state index is 12.3. The van der Waals surface area contributed by atoms with Gasteiger partial charge < -0.3 is 19.3 Å². The Labute approximate surface area is 153 Å². The van der Waals surface area contributed by atoms with E-state index in [0.717, 1.165) is 5.39 Å². The molecule has 2 heterocycles. The van der Waals surface area contributed by atoms with Gasteiger partial charge in [0.05, 0.1) is 12.1 Å². The summed E-state index contributed by atoms with van der Waals surface area (Å²) in [7, 11) is 0. The molecule has 0 unspecified atom stereocenters. The summed E-state index contributed by atoms with van der Waals surface area (Å²) in [5.74, 6) is -0.662. The van der Waals surface area contributed by atoms with Gasteiger partial charge in [0.15, 0.2) is 5.58 Å². The zero-order valence-electron chi connectivity index (χ0n) is 14.6. The first-order chi connectivity index (χ1) is 12.9. The molecule has 7 nitrogen and oxygen atoms in total. The highest BCUT2D eigenvalue weighted by Gasteiger charge is 2.28. The molecule has 1 atom stereocenters. The standard InChI is InChI=1S/C20H18N2O5/c1-20(25,17-10-13-6-2-4-8-15(13)26-17)12-21-18(23)11-22-14-7-3-5-9-16(14)27-19(22)24/h2-10,25H,11-12H2,1H3,(H,21,23)/t20-/m0/s1. The Hall–Kier alpha value is -3.32. The average molecular weight is 366 g/mol. The summed E-state index contributed by atoms with van der Waals surface area (Å²) in [5, 5.41) is 14.2. The summed E-state index contributed by atoms with van der Waals surface area (Å²) in [5.41, 5.74) is 0.236. The second-order valence-corrected chi connectivity index (χ2v) is 6.62. The Bertz CT molecular complexity index is 1150. The molecule has 0 saturated carbocycles. The Morgan fingerprint density at radius 2 is 1.81 bits per heavy atom. The summed E-state index contributed by atoms with van der Waals surface area (Å²) in [6, 6.07) is 16.0. The van der Waals surface area contributed by atoms with Crippen LogP contribution in [-0.2, 0) is 16.9 Å². The van der Waals surface area contributed by atoms with E-state index in [1.54, 1.807) is 37.3 Å². The predicted octanol–water partition coefficient (Wildman–Crippen LogP) is 2.36. The number of oxazole rings is 1. The number of benzene rings is 2. The van der Waals surface area contributed by atoms with Gasteiger partial charge in [-0.15, -0.1) is 0 Å². The molecule has 0 spiro atoms. The molecular weight excluding hydrogens is 348 g/mol. The minimum absolute atomic E-state index is 0.0593. The van der Waals surface area contributed by atoms with Gasteiger partial charge in [-0.3, -0.25) is 9.36 Å². The largest absolute Gasteiger partial charge is 0.458 e. The third kappa shape index (κ3) is 3.24. The summed E-state index contributed by atoms with van der Waals surface area (Å²) in [6.07, 6.45) is 0. The number of hydrogen-bond donors (Lipinski definition) is 2. The number of nitrogens with zero attached hydrogens (tertiary/aromatic N) is 1. The molecule has 0 radical (unpaired) electrons. The van der Waals surface area contributed by atoms with E-state index in [2.05, 4.69) is 5.32 Å². The molecule has 0 saturated heterocycles. The van der Waals surface area contributed by atoms with Crippen molar-refractivity contribution in [2.24, 2.45) is 0 Å². The van der Waals surface area contributed by atoms with Crippen LogP contribution in [-0.4, -0.2) is 22.1 Å². The van der Waals surface area contributed by atoms with E-state index in [-0.39, 0.29) is 13.1 Å². The highest BCUT2D eigenvalue weighted by atomic mass is 16.4. The van der Waals surface area contributed by atoms with Crippen molar-refractivity contribution in [1.82, 2.24) is 9.88 Å². The van der Waals surface area contributed by atoms with Crippen LogP contribution in [0.4, 0.5) is 0 Å². The second kappa shape index (κ2) is 6.44. The number of carbonyl (C=O) groups is 1. The minimum Gasteiger partial charge on any atom is -0.458 e. The van der Waals surface area contributed by atoms with E-state index in [4.69, 9.17) is 8.83 Å². The van der Waals surface area contributed by atoms with Crippen molar-refractivity contribution in [3.8, 4) is 0 Å². The van der Waals surface area contributed by atoms with E-state index in [1.165, 1.54) is 4.57 Å². The third-order valence-corrected chi connectivity index (χ3v) is 4.46. The fourth-order valence-electron chi connectivity index (χ4n) is 2.97. The van der Waals surface area contributed by atoms with Gasteiger partial charge >= 0.3 is 5.76 Å². The lowest BCUT2D eigenvalue weighted by Crippen LogP contribution is -2.40. The normalized spacial score (nSPS) is 13.7. The smallest absolute Gasteiger partial charge is 0.420 e. The predicted molar refractivity (Wildman–Crippen MR) is 99.3 cm³/mol. The fraction of sp³-hybridized carbons (Fsp3) is 0.200. The van der Waals surface area contributed by atoms with Gasteiger partial charge in [-0.2, -0.15) is 0 Å². The van der Waals surface area contributed by atoms with Crippen LogP contribution in [0, 0.1) is 0 Å². The topological polar surface area (TPSA) is 97.6 Å². The highest BCUT2D eigenvalue weighted by Crippen LogP contribution is 2.27. The summed E-state index contributed by atoms with van der Waals surface area (Å²) in [4.78, 5) is 24.3. The van der Waals surface area contributed by atoms with Crippen LogP contribution in [0.1, 0.15) is 12.7 Å². The van der Waals surface area contributed by atoms with E-state index >= 15 is 0 Å². The van der Waals surface area contributed by atoms with Gasteiger partial charge in [0, 0.05) is 5.39 Å².